The van der Waals surface area contributed by atoms with E-state index in [1.165, 1.54) is 11.1 Å². The van der Waals surface area contributed by atoms with E-state index >= 15 is 0 Å². The fourth-order valence-electron chi connectivity index (χ4n) is 3.44. The van der Waals surface area contributed by atoms with Gasteiger partial charge in [0.2, 0.25) is 0 Å². The maximum Gasteiger partial charge on any atom is 0.346 e. The van der Waals surface area contributed by atoms with Gasteiger partial charge in [-0.2, -0.15) is 4.99 Å². The Morgan fingerprint density at radius 2 is 2.11 bits per heavy atom. The van der Waals surface area contributed by atoms with E-state index in [1.54, 1.807) is 0 Å². The molecule has 1 aromatic carbocycles. The quantitative estimate of drug-likeness (QED) is 0.814. The Kier molecular flexibility index (Phi) is 1.76. The second-order valence-electron chi connectivity index (χ2n) is 5.40. The summed E-state index contributed by atoms with van der Waals surface area (Å²) < 4.78 is 0. The van der Waals surface area contributed by atoms with E-state index in [1.807, 2.05) is 17.0 Å². The molecule has 0 saturated heterocycles. The van der Waals surface area contributed by atoms with Crippen LogP contribution < -0.4 is 5.73 Å². The monoisotopic (exact) mass is 241 g/mol. The van der Waals surface area contributed by atoms with E-state index in [2.05, 4.69) is 17.1 Å². The van der Waals surface area contributed by atoms with Crippen molar-refractivity contribution in [1.82, 2.24) is 4.90 Å². The molecule has 0 bridgehead atoms. The van der Waals surface area contributed by atoms with Gasteiger partial charge in [0.1, 0.15) is 11.4 Å². The number of amides is 2. The van der Waals surface area contributed by atoms with Crippen LogP contribution in [0.3, 0.4) is 0 Å². The summed E-state index contributed by atoms with van der Waals surface area (Å²) in [6.45, 7) is 0. The molecular weight excluding hydrogens is 226 g/mol. The van der Waals surface area contributed by atoms with Crippen LogP contribution in [0.5, 0.6) is 0 Å². The Morgan fingerprint density at radius 3 is 2.89 bits per heavy atom. The highest BCUT2D eigenvalue weighted by Gasteiger charge is 2.57. The number of hydrogen-bond acceptors (Lipinski definition) is 2. The summed E-state index contributed by atoms with van der Waals surface area (Å²) in [6.07, 6.45) is 4.02. The molecule has 0 aromatic heterocycles. The lowest BCUT2D eigenvalue weighted by Gasteiger charge is -2.35. The Hall–Kier alpha value is -1.84. The van der Waals surface area contributed by atoms with Crippen molar-refractivity contribution in [1.29, 1.82) is 0 Å². The van der Waals surface area contributed by atoms with Gasteiger partial charge < -0.3 is 10.6 Å². The van der Waals surface area contributed by atoms with Gasteiger partial charge in [-0.05, 0) is 36.8 Å². The Balaban J connectivity index is 1.92. The summed E-state index contributed by atoms with van der Waals surface area (Å²) in [5.74, 6) is 0.490. The van der Waals surface area contributed by atoms with Gasteiger partial charge in [0.15, 0.2) is 0 Å². The third-order valence-electron chi connectivity index (χ3n) is 4.39. The summed E-state index contributed by atoms with van der Waals surface area (Å²) in [5.41, 5.74) is 8.17. The summed E-state index contributed by atoms with van der Waals surface area (Å²) >= 11 is 0. The second kappa shape index (κ2) is 3.13. The SMILES string of the molecule is NC1=NC(=O)N(C2CC2)C12CCc1ccccc12. The van der Waals surface area contributed by atoms with Crippen LogP contribution in [0.2, 0.25) is 0 Å². The van der Waals surface area contributed by atoms with Crippen LogP contribution in [-0.4, -0.2) is 22.8 Å². The molecule has 4 nitrogen and oxygen atoms in total. The summed E-state index contributed by atoms with van der Waals surface area (Å²) in [5, 5.41) is 0. The molecule has 1 atom stereocenters. The zero-order valence-corrected chi connectivity index (χ0v) is 10.1. The number of amidine groups is 1. The van der Waals surface area contributed by atoms with Crippen LogP contribution in [0.4, 0.5) is 4.79 Å². The number of carbonyl (C=O) groups is 1. The number of nitrogens with two attached hydrogens (primary N) is 1. The van der Waals surface area contributed by atoms with E-state index in [0.717, 1.165) is 25.7 Å². The Labute approximate surface area is 105 Å². The predicted octanol–water partition coefficient (Wildman–Crippen LogP) is 1.78. The highest BCUT2D eigenvalue weighted by atomic mass is 16.2. The van der Waals surface area contributed by atoms with Crippen LogP contribution in [0.25, 0.3) is 0 Å². The van der Waals surface area contributed by atoms with E-state index in [9.17, 15) is 4.79 Å². The van der Waals surface area contributed by atoms with Gasteiger partial charge in [0.25, 0.3) is 0 Å². The van der Waals surface area contributed by atoms with Crippen molar-refractivity contribution in [3.8, 4) is 0 Å². The smallest absolute Gasteiger partial charge is 0.346 e. The third kappa shape index (κ3) is 1.06. The van der Waals surface area contributed by atoms with Crippen molar-refractivity contribution in [3.05, 3.63) is 35.4 Å². The standard InChI is InChI=1S/C14H15N3O/c15-12-14(17(10-5-6-10)13(18)16-12)8-7-9-3-1-2-4-11(9)14/h1-4,10H,5-8H2,(H2,15,16,18). The molecule has 3 aliphatic rings. The molecular formula is C14H15N3O. The normalized spacial score (nSPS) is 29.9. The van der Waals surface area contributed by atoms with E-state index in [-0.39, 0.29) is 6.03 Å². The minimum absolute atomic E-state index is 0.147. The highest BCUT2D eigenvalue weighted by Crippen LogP contribution is 2.49. The Morgan fingerprint density at radius 1 is 1.33 bits per heavy atom. The average Bonchev–Trinajstić information content (AvgIpc) is 3.06. The van der Waals surface area contributed by atoms with Crippen LogP contribution >= 0.6 is 0 Å². The van der Waals surface area contributed by atoms with E-state index in [0.29, 0.717) is 11.9 Å². The Bertz CT molecular complexity index is 576. The lowest BCUT2D eigenvalue weighted by atomic mass is 9.89. The van der Waals surface area contributed by atoms with Crippen LogP contribution in [0.15, 0.2) is 29.3 Å². The van der Waals surface area contributed by atoms with Crippen LogP contribution in [0, 0.1) is 0 Å². The summed E-state index contributed by atoms with van der Waals surface area (Å²) in [7, 11) is 0. The molecule has 1 unspecified atom stereocenters. The first-order valence-electron chi connectivity index (χ1n) is 6.50. The zero-order valence-electron chi connectivity index (χ0n) is 10.1. The zero-order chi connectivity index (χ0) is 12.3. The first kappa shape index (κ1) is 10.1. The fraction of sp³-hybridized carbons (Fsp3) is 0.429. The number of aliphatic imine (C=N–C) groups is 1. The lowest BCUT2D eigenvalue weighted by Crippen LogP contribution is -2.51. The molecule has 1 heterocycles. The fourth-order valence-corrected chi connectivity index (χ4v) is 3.44. The largest absolute Gasteiger partial charge is 0.385 e. The molecule has 1 aromatic rings. The van der Waals surface area contributed by atoms with Crippen molar-refractivity contribution in [2.24, 2.45) is 10.7 Å². The lowest BCUT2D eigenvalue weighted by molar-refractivity contribution is 0.165. The first-order valence-corrected chi connectivity index (χ1v) is 6.50. The average molecular weight is 241 g/mol. The molecule has 4 rings (SSSR count). The molecule has 1 aliphatic heterocycles. The highest BCUT2D eigenvalue weighted by molar-refractivity contribution is 6.07. The van der Waals surface area contributed by atoms with E-state index < -0.39 is 5.54 Å². The maximum atomic E-state index is 12.1. The number of aryl methyl sites for hydroxylation is 1. The van der Waals surface area contributed by atoms with E-state index in [4.69, 9.17) is 5.73 Å². The van der Waals surface area contributed by atoms with Gasteiger partial charge >= 0.3 is 6.03 Å². The number of benzene rings is 1. The molecule has 0 radical (unpaired) electrons. The minimum Gasteiger partial charge on any atom is -0.385 e. The number of hydrogen-bond donors (Lipinski definition) is 1. The topological polar surface area (TPSA) is 58.7 Å². The molecule has 1 spiro atoms. The first-order chi connectivity index (χ1) is 8.73. The minimum atomic E-state index is -0.436. The van der Waals surface area contributed by atoms with Gasteiger partial charge in [-0.1, -0.05) is 24.3 Å². The molecule has 92 valence electrons. The van der Waals surface area contributed by atoms with Crippen molar-refractivity contribution in [3.63, 3.8) is 0 Å². The number of carbonyl (C=O) groups excluding carboxylic acids is 1. The van der Waals surface area contributed by atoms with Gasteiger partial charge in [-0.3, -0.25) is 0 Å². The third-order valence-corrected chi connectivity index (χ3v) is 4.39. The van der Waals surface area contributed by atoms with Crippen LogP contribution in [-0.2, 0) is 12.0 Å². The number of fused-ring (bicyclic) bond motifs is 2. The number of nitrogens with zero attached hydrogens (tertiary/aromatic N) is 2. The van der Waals surface area contributed by atoms with Gasteiger partial charge in [-0.15, -0.1) is 0 Å². The molecule has 1 saturated carbocycles. The molecule has 1 fully saturated rings. The van der Waals surface area contributed by atoms with Gasteiger partial charge in [0, 0.05) is 6.04 Å². The van der Waals surface area contributed by atoms with Crippen molar-refractivity contribution >= 4 is 11.9 Å². The molecule has 2 amide bonds. The molecule has 18 heavy (non-hydrogen) atoms. The van der Waals surface area contributed by atoms with Crippen LogP contribution in [0.1, 0.15) is 30.4 Å². The maximum absolute atomic E-state index is 12.1. The molecule has 4 heteroatoms. The number of rotatable bonds is 1. The van der Waals surface area contributed by atoms with Crippen molar-refractivity contribution in [2.45, 2.75) is 37.3 Å². The number of urea groups is 1. The van der Waals surface area contributed by atoms with Crippen molar-refractivity contribution < 1.29 is 4.79 Å². The predicted molar refractivity (Wildman–Crippen MR) is 68.3 cm³/mol. The van der Waals surface area contributed by atoms with Gasteiger partial charge in [-0.25, -0.2) is 4.79 Å². The molecule has 2 aliphatic carbocycles. The summed E-state index contributed by atoms with van der Waals surface area (Å²) in [6, 6.07) is 8.49. The summed E-state index contributed by atoms with van der Waals surface area (Å²) in [4.78, 5) is 18.1. The second-order valence-corrected chi connectivity index (χ2v) is 5.40. The van der Waals surface area contributed by atoms with Gasteiger partial charge in [0.05, 0.1) is 0 Å². The van der Waals surface area contributed by atoms with Crippen molar-refractivity contribution in [2.75, 3.05) is 0 Å². The molecule has 2 N–H and O–H groups in total.